The van der Waals surface area contributed by atoms with Gasteiger partial charge in [0.1, 0.15) is 5.69 Å². The average Bonchev–Trinajstić information content (AvgIpc) is 2.59. The van der Waals surface area contributed by atoms with Gasteiger partial charge >= 0.3 is 6.18 Å². The van der Waals surface area contributed by atoms with E-state index in [4.69, 9.17) is 0 Å². The monoisotopic (exact) mass is 367 g/mol. The molecule has 1 amide bonds. The summed E-state index contributed by atoms with van der Waals surface area (Å²) in [5, 5.41) is 1.84. The molecule has 0 unspecified atom stereocenters. The number of alkyl halides is 3. The minimum atomic E-state index is -4.60. The molecule has 8 heteroatoms. The van der Waals surface area contributed by atoms with E-state index in [2.05, 4.69) is 21.9 Å². The number of benzene rings is 1. The summed E-state index contributed by atoms with van der Waals surface area (Å²) in [6, 6.07) is 9.42. The van der Waals surface area contributed by atoms with Crippen molar-refractivity contribution in [1.82, 2.24) is 15.3 Å². The Kier molecular flexibility index (Phi) is 6.19. The molecule has 2 rings (SSSR count). The van der Waals surface area contributed by atoms with Crippen LogP contribution in [0.1, 0.15) is 12.6 Å². The lowest BCUT2D eigenvalue weighted by Gasteiger charge is -2.13. The van der Waals surface area contributed by atoms with Crippen molar-refractivity contribution >= 4 is 17.7 Å². The van der Waals surface area contributed by atoms with E-state index in [-0.39, 0.29) is 23.3 Å². The highest BCUT2D eigenvalue weighted by atomic mass is 32.2. The van der Waals surface area contributed by atoms with E-state index in [0.29, 0.717) is 5.56 Å². The van der Waals surface area contributed by atoms with Gasteiger partial charge in [0.15, 0.2) is 5.16 Å². The minimum absolute atomic E-state index is 0.102. The molecule has 4 nitrogen and oxygen atoms in total. The molecule has 0 aliphatic rings. The lowest BCUT2D eigenvalue weighted by atomic mass is 10.1. The van der Waals surface area contributed by atoms with Crippen LogP contribution in [0.5, 0.6) is 0 Å². The van der Waals surface area contributed by atoms with Crippen molar-refractivity contribution in [3.05, 3.63) is 54.7 Å². The Bertz CT molecular complexity index is 751. The number of hydrogen-bond donors (Lipinski definition) is 1. The normalized spacial score (nSPS) is 12.5. The third kappa shape index (κ3) is 5.32. The lowest BCUT2D eigenvalue weighted by molar-refractivity contribution is -0.141. The van der Waals surface area contributed by atoms with Crippen molar-refractivity contribution < 1.29 is 18.0 Å². The number of carbonyl (C=O) groups is 1. The number of carbonyl (C=O) groups excluding carboxylic acids is 1. The van der Waals surface area contributed by atoms with Gasteiger partial charge in [-0.15, -0.1) is 6.58 Å². The van der Waals surface area contributed by atoms with Crippen molar-refractivity contribution in [3.8, 4) is 11.3 Å². The van der Waals surface area contributed by atoms with Crippen molar-refractivity contribution in [2.75, 3.05) is 6.54 Å². The van der Waals surface area contributed by atoms with Crippen molar-refractivity contribution in [3.63, 3.8) is 0 Å². The van der Waals surface area contributed by atoms with Gasteiger partial charge in [0.25, 0.3) is 0 Å². The number of amides is 1. The summed E-state index contributed by atoms with van der Waals surface area (Å²) in [6.07, 6.45) is -3.08. The number of rotatable bonds is 6. The summed E-state index contributed by atoms with van der Waals surface area (Å²) in [6.45, 7) is 5.35. The van der Waals surface area contributed by atoms with Crippen LogP contribution in [0.3, 0.4) is 0 Å². The van der Waals surface area contributed by atoms with Crippen LogP contribution in [0, 0.1) is 0 Å². The molecule has 2 aromatic rings. The number of halogens is 3. The zero-order valence-electron chi connectivity index (χ0n) is 13.4. The van der Waals surface area contributed by atoms with Gasteiger partial charge < -0.3 is 5.32 Å². The topological polar surface area (TPSA) is 54.9 Å². The second kappa shape index (κ2) is 8.15. The molecule has 25 heavy (non-hydrogen) atoms. The maximum Gasteiger partial charge on any atom is 0.433 e. The molecule has 1 aromatic carbocycles. The van der Waals surface area contributed by atoms with Crippen LogP contribution in [-0.4, -0.2) is 27.7 Å². The molecular weight excluding hydrogens is 351 g/mol. The zero-order chi connectivity index (χ0) is 18.4. The molecule has 0 spiro atoms. The van der Waals surface area contributed by atoms with E-state index in [9.17, 15) is 18.0 Å². The highest BCUT2D eigenvalue weighted by Gasteiger charge is 2.34. The van der Waals surface area contributed by atoms with Gasteiger partial charge in [0, 0.05) is 12.1 Å². The summed E-state index contributed by atoms with van der Waals surface area (Å²) in [5.74, 6) is -0.327. The van der Waals surface area contributed by atoms with Gasteiger partial charge in [-0.3, -0.25) is 4.79 Å². The first-order chi connectivity index (χ1) is 11.8. The number of thioether (sulfide) groups is 1. The Labute approximate surface area is 147 Å². The fraction of sp³-hybridized carbons (Fsp3) is 0.235. The summed E-state index contributed by atoms with van der Waals surface area (Å²) in [7, 11) is 0. The Morgan fingerprint density at radius 3 is 2.60 bits per heavy atom. The van der Waals surface area contributed by atoms with Crippen LogP contribution in [0.15, 0.2) is 54.2 Å². The van der Waals surface area contributed by atoms with E-state index >= 15 is 0 Å². The first-order valence-corrected chi connectivity index (χ1v) is 8.26. The standard InChI is InChI=1S/C17H16F3N3OS/c1-3-9-21-15(24)11(2)25-16-22-13(12-7-5-4-6-8-12)10-14(23-16)17(18,19)20/h3-8,10-11H,1,9H2,2H3,(H,21,24)/t11-/m0/s1. The van der Waals surface area contributed by atoms with Gasteiger partial charge in [-0.2, -0.15) is 13.2 Å². The second-order valence-electron chi connectivity index (χ2n) is 5.08. The molecular formula is C17H16F3N3OS. The van der Waals surface area contributed by atoms with E-state index in [1.807, 2.05) is 0 Å². The smallest absolute Gasteiger partial charge is 0.352 e. The van der Waals surface area contributed by atoms with Crippen LogP contribution < -0.4 is 5.32 Å². The quantitative estimate of drug-likeness (QED) is 0.477. The van der Waals surface area contributed by atoms with E-state index in [1.165, 1.54) is 6.08 Å². The zero-order valence-corrected chi connectivity index (χ0v) is 14.2. The fourth-order valence-corrected chi connectivity index (χ4v) is 2.72. The first-order valence-electron chi connectivity index (χ1n) is 7.38. The third-order valence-corrected chi connectivity index (χ3v) is 4.10. The Balaban J connectivity index is 2.34. The van der Waals surface area contributed by atoms with Gasteiger partial charge in [-0.05, 0) is 13.0 Å². The van der Waals surface area contributed by atoms with Crippen LogP contribution in [0.2, 0.25) is 0 Å². The Morgan fingerprint density at radius 1 is 1.32 bits per heavy atom. The van der Waals surface area contributed by atoms with E-state index in [1.54, 1.807) is 37.3 Å². The maximum atomic E-state index is 13.1. The summed E-state index contributed by atoms with van der Waals surface area (Å²) in [4.78, 5) is 19.6. The lowest BCUT2D eigenvalue weighted by Crippen LogP contribution is -2.31. The Morgan fingerprint density at radius 2 is 2.00 bits per heavy atom. The number of nitrogens with zero attached hydrogens (tertiary/aromatic N) is 2. The molecule has 0 saturated heterocycles. The molecule has 132 valence electrons. The van der Waals surface area contributed by atoms with Crippen LogP contribution in [-0.2, 0) is 11.0 Å². The van der Waals surface area contributed by atoms with E-state index in [0.717, 1.165) is 17.8 Å². The fourth-order valence-electron chi connectivity index (χ4n) is 1.91. The van der Waals surface area contributed by atoms with Crippen molar-refractivity contribution in [1.29, 1.82) is 0 Å². The van der Waals surface area contributed by atoms with Crippen molar-refractivity contribution in [2.24, 2.45) is 0 Å². The molecule has 1 aromatic heterocycles. The maximum absolute atomic E-state index is 13.1. The molecule has 0 bridgehead atoms. The molecule has 0 aliphatic heterocycles. The first kappa shape index (κ1) is 19.0. The van der Waals surface area contributed by atoms with E-state index < -0.39 is 17.1 Å². The summed E-state index contributed by atoms with van der Waals surface area (Å²) < 4.78 is 39.4. The third-order valence-electron chi connectivity index (χ3n) is 3.14. The minimum Gasteiger partial charge on any atom is -0.352 e. The van der Waals surface area contributed by atoms with Crippen LogP contribution >= 0.6 is 11.8 Å². The molecule has 1 N–H and O–H groups in total. The van der Waals surface area contributed by atoms with Gasteiger partial charge in [0.05, 0.1) is 10.9 Å². The summed E-state index contributed by atoms with van der Waals surface area (Å²) in [5.41, 5.74) is -0.340. The van der Waals surface area contributed by atoms with Crippen LogP contribution in [0.4, 0.5) is 13.2 Å². The highest BCUT2D eigenvalue weighted by Crippen LogP contribution is 2.32. The van der Waals surface area contributed by atoms with Crippen LogP contribution in [0.25, 0.3) is 11.3 Å². The molecule has 0 fully saturated rings. The highest BCUT2D eigenvalue weighted by molar-refractivity contribution is 8.00. The van der Waals surface area contributed by atoms with Gasteiger partial charge in [0.2, 0.25) is 5.91 Å². The second-order valence-corrected chi connectivity index (χ2v) is 6.39. The number of nitrogens with one attached hydrogen (secondary N) is 1. The SMILES string of the molecule is C=CCNC(=O)[C@H](C)Sc1nc(-c2ccccc2)cc(C(F)(F)F)n1. The molecule has 1 heterocycles. The predicted molar refractivity (Wildman–Crippen MR) is 91.0 cm³/mol. The van der Waals surface area contributed by atoms with Gasteiger partial charge in [-0.1, -0.05) is 48.2 Å². The number of aromatic nitrogens is 2. The number of hydrogen-bond acceptors (Lipinski definition) is 4. The molecule has 0 aliphatic carbocycles. The largest absolute Gasteiger partial charge is 0.433 e. The average molecular weight is 367 g/mol. The summed E-state index contributed by atoms with van der Waals surface area (Å²) >= 11 is 0.873. The molecule has 1 atom stereocenters. The van der Waals surface area contributed by atoms with Crippen molar-refractivity contribution in [2.45, 2.75) is 23.5 Å². The Hall–Kier alpha value is -2.35. The molecule has 0 radical (unpaired) electrons. The van der Waals surface area contributed by atoms with Gasteiger partial charge in [-0.25, -0.2) is 9.97 Å². The molecule has 0 saturated carbocycles. The predicted octanol–water partition coefficient (Wildman–Crippen LogP) is 3.95.